The maximum Gasteiger partial charge on any atom is 0.300 e. The average Bonchev–Trinajstić information content (AvgIpc) is 2.31. The van der Waals surface area contributed by atoms with Crippen LogP contribution < -0.4 is 0 Å². The number of hydrogen-bond donors (Lipinski definition) is 1. The molecule has 2 nitrogen and oxygen atoms in total. The first kappa shape index (κ1) is 13.0. The second-order valence-electron chi connectivity index (χ2n) is 3.67. The molecule has 0 aliphatic heterocycles. The lowest BCUT2D eigenvalue weighted by atomic mass is 10.1. The summed E-state index contributed by atoms with van der Waals surface area (Å²) in [6, 6.07) is 21.1. The maximum absolute atomic E-state index is 9.00. The number of benzene rings is 2. The molecule has 2 aromatic carbocycles. The summed E-state index contributed by atoms with van der Waals surface area (Å²) in [7, 11) is 0. The van der Waals surface area contributed by atoms with E-state index in [9.17, 15) is 0 Å². The van der Waals surface area contributed by atoms with E-state index in [4.69, 9.17) is 9.90 Å². The Kier molecular flexibility index (Phi) is 5.52. The number of hydrogen-bond acceptors (Lipinski definition) is 1. The van der Waals surface area contributed by atoms with Crippen LogP contribution in [-0.2, 0) is 11.2 Å². The van der Waals surface area contributed by atoms with Crippen LogP contribution in [0.5, 0.6) is 0 Å². The van der Waals surface area contributed by atoms with Crippen molar-refractivity contribution in [2.75, 3.05) is 0 Å². The van der Waals surface area contributed by atoms with Gasteiger partial charge >= 0.3 is 0 Å². The number of carbonyl (C=O) groups is 1. The maximum atomic E-state index is 9.00. The summed E-state index contributed by atoms with van der Waals surface area (Å²) in [5.41, 5.74) is 2.74. The zero-order valence-electron chi connectivity index (χ0n) is 9.84. The largest absolute Gasteiger partial charge is 0.481 e. The second kappa shape index (κ2) is 7.23. The van der Waals surface area contributed by atoms with Crippen LogP contribution in [0.3, 0.4) is 0 Å². The summed E-state index contributed by atoms with van der Waals surface area (Å²) in [5.74, 6) is -0.833. The van der Waals surface area contributed by atoms with E-state index in [-0.39, 0.29) is 0 Å². The van der Waals surface area contributed by atoms with Gasteiger partial charge < -0.3 is 5.11 Å². The molecule has 0 aliphatic carbocycles. The van der Waals surface area contributed by atoms with Gasteiger partial charge in [-0.1, -0.05) is 60.7 Å². The van der Waals surface area contributed by atoms with Crippen LogP contribution in [0, 0.1) is 0 Å². The Balaban J connectivity index is 0.000000317. The van der Waals surface area contributed by atoms with E-state index in [2.05, 4.69) is 60.7 Å². The molecule has 88 valence electrons. The topological polar surface area (TPSA) is 37.3 Å². The first-order chi connectivity index (χ1) is 8.18. The number of aliphatic carboxylic acids is 1. The zero-order valence-corrected chi connectivity index (χ0v) is 9.84. The van der Waals surface area contributed by atoms with E-state index < -0.39 is 5.97 Å². The molecule has 2 rings (SSSR count). The molecule has 2 aromatic rings. The molecule has 0 spiro atoms. The Morgan fingerprint density at radius 2 is 1.18 bits per heavy atom. The fourth-order valence-electron chi connectivity index (χ4n) is 1.43. The van der Waals surface area contributed by atoms with Gasteiger partial charge in [0.2, 0.25) is 0 Å². The Bertz CT molecular complexity index is 393. The van der Waals surface area contributed by atoms with E-state index in [0.717, 1.165) is 13.3 Å². The number of carboxylic acid groups (broad SMARTS) is 1. The van der Waals surface area contributed by atoms with Crippen molar-refractivity contribution in [3.8, 4) is 0 Å². The summed E-state index contributed by atoms with van der Waals surface area (Å²) in [4.78, 5) is 9.00. The normalized spacial score (nSPS) is 9.00. The molecule has 0 aromatic heterocycles. The van der Waals surface area contributed by atoms with E-state index in [1.165, 1.54) is 11.1 Å². The van der Waals surface area contributed by atoms with Crippen LogP contribution in [0.15, 0.2) is 60.7 Å². The Labute approximate surface area is 102 Å². The van der Waals surface area contributed by atoms with Gasteiger partial charge in [0.25, 0.3) is 5.97 Å². The minimum atomic E-state index is -0.833. The third-order valence-corrected chi connectivity index (χ3v) is 2.09. The minimum Gasteiger partial charge on any atom is -0.481 e. The van der Waals surface area contributed by atoms with Crippen LogP contribution in [0.25, 0.3) is 0 Å². The molecule has 0 saturated carbocycles. The van der Waals surface area contributed by atoms with Crippen molar-refractivity contribution in [3.63, 3.8) is 0 Å². The van der Waals surface area contributed by atoms with Gasteiger partial charge in [0.1, 0.15) is 0 Å². The molecule has 17 heavy (non-hydrogen) atoms. The van der Waals surface area contributed by atoms with Crippen molar-refractivity contribution in [1.29, 1.82) is 0 Å². The van der Waals surface area contributed by atoms with Crippen molar-refractivity contribution in [2.24, 2.45) is 0 Å². The highest BCUT2D eigenvalue weighted by Crippen LogP contribution is 2.07. The summed E-state index contributed by atoms with van der Waals surface area (Å²) in [6.45, 7) is 1.08. The van der Waals surface area contributed by atoms with E-state index in [1.807, 2.05) is 0 Å². The summed E-state index contributed by atoms with van der Waals surface area (Å²) in [6.07, 6.45) is 1.03. The van der Waals surface area contributed by atoms with Gasteiger partial charge in [0.15, 0.2) is 0 Å². The van der Waals surface area contributed by atoms with Crippen molar-refractivity contribution in [3.05, 3.63) is 71.8 Å². The quantitative estimate of drug-likeness (QED) is 0.855. The van der Waals surface area contributed by atoms with E-state index in [0.29, 0.717) is 0 Å². The molecular weight excluding hydrogens is 212 g/mol. The summed E-state index contributed by atoms with van der Waals surface area (Å²) >= 11 is 0. The number of carboxylic acids is 1. The Hall–Kier alpha value is -2.09. The molecule has 0 atom stereocenters. The van der Waals surface area contributed by atoms with Crippen LogP contribution in [0.4, 0.5) is 0 Å². The summed E-state index contributed by atoms with van der Waals surface area (Å²) < 4.78 is 0. The first-order valence-corrected chi connectivity index (χ1v) is 5.46. The van der Waals surface area contributed by atoms with Gasteiger partial charge in [-0.2, -0.15) is 0 Å². The van der Waals surface area contributed by atoms with Crippen LogP contribution in [0.2, 0.25) is 0 Å². The summed E-state index contributed by atoms with van der Waals surface area (Å²) in [5, 5.41) is 7.42. The fourth-order valence-corrected chi connectivity index (χ4v) is 1.43. The van der Waals surface area contributed by atoms with E-state index in [1.54, 1.807) is 0 Å². The first-order valence-electron chi connectivity index (χ1n) is 5.46. The fraction of sp³-hybridized carbons (Fsp3) is 0.133. The molecular formula is C15H16O2. The highest BCUT2D eigenvalue weighted by molar-refractivity contribution is 5.62. The van der Waals surface area contributed by atoms with Crippen molar-refractivity contribution >= 4 is 5.97 Å². The van der Waals surface area contributed by atoms with Gasteiger partial charge in [-0.05, 0) is 17.5 Å². The standard InChI is InChI=1S/C13H12.C2H4O2/c1-3-7-12(8-4-1)11-13-9-5-2-6-10-13;1-2(3)4/h1-10H,11H2;1H3,(H,3,4). The average molecular weight is 228 g/mol. The SMILES string of the molecule is CC(=O)O.c1ccc(Cc2ccccc2)cc1. The van der Waals surface area contributed by atoms with Crippen molar-refractivity contribution < 1.29 is 9.90 Å². The predicted molar refractivity (Wildman–Crippen MR) is 69.0 cm³/mol. The third kappa shape index (κ3) is 6.15. The lowest BCUT2D eigenvalue weighted by Crippen LogP contribution is -1.85. The van der Waals surface area contributed by atoms with Crippen molar-refractivity contribution in [1.82, 2.24) is 0 Å². The predicted octanol–water partition coefficient (Wildman–Crippen LogP) is 3.37. The zero-order chi connectivity index (χ0) is 12.5. The second-order valence-corrected chi connectivity index (χ2v) is 3.67. The van der Waals surface area contributed by atoms with Crippen LogP contribution in [0.1, 0.15) is 18.1 Å². The van der Waals surface area contributed by atoms with Crippen LogP contribution in [-0.4, -0.2) is 11.1 Å². The molecule has 0 radical (unpaired) electrons. The van der Waals surface area contributed by atoms with Crippen LogP contribution >= 0.6 is 0 Å². The molecule has 0 bridgehead atoms. The molecule has 0 aliphatic rings. The lowest BCUT2D eigenvalue weighted by Gasteiger charge is -2.00. The Morgan fingerprint density at radius 3 is 1.47 bits per heavy atom. The molecule has 0 fully saturated rings. The third-order valence-electron chi connectivity index (χ3n) is 2.09. The minimum absolute atomic E-state index is 0.833. The van der Waals surface area contributed by atoms with Gasteiger partial charge in [0, 0.05) is 6.92 Å². The molecule has 0 heterocycles. The molecule has 1 N–H and O–H groups in total. The lowest BCUT2D eigenvalue weighted by molar-refractivity contribution is -0.134. The highest BCUT2D eigenvalue weighted by Gasteiger charge is 1.92. The number of rotatable bonds is 2. The van der Waals surface area contributed by atoms with Gasteiger partial charge in [-0.15, -0.1) is 0 Å². The Morgan fingerprint density at radius 1 is 0.882 bits per heavy atom. The van der Waals surface area contributed by atoms with Gasteiger partial charge in [-0.3, -0.25) is 4.79 Å². The highest BCUT2D eigenvalue weighted by atomic mass is 16.4. The molecule has 2 heteroatoms. The smallest absolute Gasteiger partial charge is 0.300 e. The van der Waals surface area contributed by atoms with Gasteiger partial charge in [-0.25, -0.2) is 0 Å². The molecule has 0 saturated heterocycles. The monoisotopic (exact) mass is 228 g/mol. The van der Waals surface area contributed by atoms with Crippen molar-refractivity contribution in [2.45, 2.75) is 13.3 Å². The van der Waals surface area contributed by atoms with Gasteiger partial charge in [0.05, 0.1) is 0 Å². The molecule has 0 amide bonds. The van der Waals surface area contributed by atoms with E-state index >= 15 is 0 Å². The molecule has 0 unspecified atom stereocenters.